The Morgan fingerprint density at radius 2 is 2.04 bits per heavy atom. The van der Waals surface area contributed by atoms with Gasteiger partial charge in [0.25, 0.3) is 10.2 Å². The smallest absolute Gasteiger partial charge is 0.296 e. The van der Waals surface area contributed by atoms with Crippen molar-refractivity contribution in [2.24, 2.45) is 5.14 Å². The second kappa shape index (κ2) is 6.40. The fourth-order valence-electron chi connectivity index (χ4n) is 3.61. The second-order valence-electron chi connectivity index (χ2n) is 6.57. The van der Waals surface area contributed by atoms with E-state index in [9.17, 15) is 8.42 Å². The molecule has 1 aliphatic rings. The molecule has 27 heavy (non-hydrogen) atoms. The van der Waals surface area contributed by atoms with Gasteiger partial charge in [0.05, 0.1) is 24.0 Å². The molecule has 8 heteroatoms. The Bertz CT molecular complexity index is 1150. The summed E-state index contributed by atoms with van der Waals surface area (Å²) in [5.41, 5.74) is 5.65. The average molecular weight is 384 g/mol. The van der Waals surface area contributed by atoms with Gasteiger partial charge in [-0.2, -0.15) is 8.42 Å². The van der Waals surface area contributed by atoms with Crippen LogP contribution in [0.1, 0.15) is 11.1 Å². The minimum absolute atomic E-state index is 0.471. The fraction of sp³-hybridized carbons (Fsp3) is 0.211. The Morgan fingerprint density at radius 3 is 2.78 bits per heavy atom. The predicted octanol–water partition coefficient (Wildman–Crippen LogP) is 2.86. The maximum atomic E-state index is 11.3. The summed E-state index contributed by atoms with van der Waals surface area (Å²) in [6, 6.07) is 11.4. The van der Waals surface area contributed by atoms with E-state index in [0.717, 1.165) is 52.1 Å². The molecule has 7 nitrogen and oxygen atoms in total. The van der Waals surface area contributed by atoms with Gasteiger partial charge in [-0.3, -0.25) is 9.71 Å². The van der Waals surface area contributed by atoms with E-state index >= 15 is 0 Å². The molecule has 0 fully saturated rings. The molecule has 0 aliphatic carbocycles. The lowest BCUT2D eigenvalue weighted by Crippen LogP contribution is -2.21. The summed E-state index contributed by atoms with van der Waals surface area (Å²) in [4.78, 5) is 6.79. The lowest BCUT2D eigenvalue weighted by Gasteiger charge is -2.24. The van der Waals surface area contributed by atoms with Crippen molar-refractivity contribution in [1.82, 2.24) is 4.98 Å². The summed E-state index contributed by atoms with van der Waals surface area (Å²) in [5.74, 6) is 0.769. The van der Waals surface area contributed by atoms with Crippen LogP contribution in [0.5, 0.6) is 5.75 Å². The van der Waals surface area contributed by atoms with E-state index in [-0.39, 0.29) is 0 Å². The van der Waals surface area contributed by atoms with Gasteiger partial charge in [-0.15, -0.1) is 0 Å². The third-order valence-corrected chi connectivity index (χ3v) is 5.26. The van der Waals surface area contributed by atoms with Crippen molar-refractivity contribution >= 4 is 38.2 Å². The Morgan fingerprint density at radius 1 is 1.22 bits per heavy atom. The van der Waals surface area contributed by atoms with Gasteiger partial charge in [-0.1, -0.05) is 0 Å². The summed E-state index contributed by atoms with van der Waals surface area (Å²) < 4.78 is 30.2. The van der Waals surface area contributed by atoms with E-state index in [1.54, 1.807) is 13.2 Å². The summed E-state index contributed by atoms with van der Waals surface area (Å²) in [6.07, 6.45) is 2.68. The second-order valence-corrected chi connectivity index (χ2v) is 7.86. The number of methoxy groups -OCH3 is 1. The highest BCUT2D eigenvalue weighted by Crippen LogP contribution is 2.41. The van der Waals surface area contributed by atoms with E-state index in [1.807, 2.05) is 43.5 Å². The van der Waals surface area contributed by atoms with Crippen molar-refractivity contribution in [3.8, 4) is 5.75 Å². The number of nitrogens with zero attached hydrogens (tertiary/aromatic N) is 2. The van der Waals surface area contributed by atoms with Crippen LogP contribution in [0.25, 0.3) is 10.9 Å². The molecule has 1 aromatic heterocycles. The number of hydrogen-bond donors (Lipinski definition) is 2. The van der Waals surface area contributed by atoms with Crippen molar-refractivity contribution < 1.29 is 13.2 Å². The van der Waals surface area contributed by atoms with Crippen molar-refractivity contribution in [2.75, 3.05) is 23.3 Å². The maximum absolute atomic E-state index is 11.3. The number of aromatic nitrogens is 1. The van der Waals surface area contributed by atoms with Gasteiger partial charge in [0.15, 0.2) is 0 Å². The topological polar surface area (TPSA) is 97.5 Å². The van der Waals surface area contributed by atoms with Gasteiger partial charge in [-0.25, -0.2) is 5.14 Å². The van der Waals surface area contributed by atoms with E-state index < -0.39 is 10.2 Å². The predicted molar refractivity (Wildman–Crippen MR) is 107 cm³/mol. The van der Waals surface area contributed by atoms with Crippen LogP contribution in [0.3, 0.4) is 0 Å². The van der Waals surface area contributed by atoms with Crippen molar-refractivity contribution in [1.29, 1.82) is 0 Å². The minimum Gasteiger partial charge on any atom is -0.497 e. The molecule has 2 aromatic carbocycles. The van der Waals surface area contributed by atoms with Crippen LogP contribution in [-0.4, -0.2) is 27.1 Å². The zero-order chi connectivity index (χ0) is 19.2. The zero-order valence-electron chi connectivity index (χ0n) is 15.1. The molecule has 0 radical (unpaired) electrons. The molecule has 0 saturated carbocycles. The number of ether oxygens (including phenoxy) is 1. The third kappa shape index (κ3) is 3.29. The molecule has 3 aromatic rings. The maximum Gasteiger partial charge on any atom is 0.296 e. The average Bonchev–Trinajstić information content (AvgIpc) is 3.02. The number of fused-ring (bicyclic) bond motifs is 2. The number of pyridine rings is 1. The summed E-state index contributed by atoms with van der Waals surface area (Å²) in [7, 11) is -2.15. The van der Waals surface area contributed by atoms with E-state index in [1.165, 1.54) is 0 Å². The fourth-order valence-corrected chi connectivity index (χ4v) is 4.06. The SMILES string of the molecule is COc1ccc2c(N3CCc4cc(NS(N)(=O)=O)ccc43)c(C)cnc2c1. The highest BCUT2D eigenvalue weighted by molar-refractivity contribution is 7.90. The van der Waals surface area contributed by atoms with Gasteiger partial charge in [-0.05, 0) is 54.8 Å². The number of benzene rings is 2. The van der Waals surface area contributed by atoms with Crippen LogP contribution in [0.2, 0.25) is 0 Å². The number of nitrogens with one attached hydrogen (secondary N) is 1. The van der Waals surface area contributed by atoms with Gasteiger partial charge >= 0.3 is 0 Å². The highest BCUT2D eigenvalue weighted by Gasteiger charge is 2.24. The molecular formula is C19H20N4O3S. The monoisotopic (exact) mass is 384 g/mol. The van der Waals surface area contributed by atoms with Crippen LogP contribution in [0.4, 0.5) is 17.1 Å². The lowest BCUT2D eigenvalue weighted by molar-refractivity contribution is 0.415. The number of anilines is 3. The summed E-state index contributed by atoms with van der Waals surface area (Å²) in [6.45, 7) is 2.85. The number of hydrogen-bond acceptors (Lipinski definition) is 5. The molecule has 3 N–H and O–H groups in total. The molecular weight excluding hydrogens is 364 g/mol. The first kappa shape index (κ1) is 17.6. The molecule has 1 aliphatic heterocycles. The summed E-state index contributed by atoms with van der Waals surface area (Å²) in [5, 5.41) is 6.12. The molecule has 0 atom stereocenters. The molecule has 0 saturated heterocycles. The molecule has 0 amide bonds. The number of aryl methyl sites for hydroxylation is 1. The quantitative estimate of drug-likeness (QED) is 0.721. The zero-order valence-corrected chi connectivity index (χ0v) is 15.9. The largest absolute Gasteiger partial charge is 0.497 e. The van der Waals surface area contributed by atoms with Crippen molar-refractivity contribution in [2.45, 2.75) is 13.3 Å². The first-order valence-corrected chi connectivity index (χ1v) is 10.0. The van der Waals surface area contributed by atoms with Crippen molar-refractivity contribution in [3.63, 3.8) is 0 Å². The Labute approximate surface area is 158 Å². The standard InChI is InChI=1S/C19H20N4O3S/c1-12-11-21-17-10-15(26-2)4-5-16(17)19(12)23-8-7-13-9-14(3-6-18(13)23)22-27(20,24)25/h3-6,9-11,22H,7-8H2,1-2H3,(H2,20,24,25). The van der Waals surface area contributed by atoms with Crippen LogP contribution in [-0.2, 0) is 16.6 Å². The minimum atomic E-state index is -3.79. The number of nitrogens with two attached hydrogens (primary N) is 1. The Kier molecular flexibility index (Phi) is 4.16. The van der Waals surface area contributed by atoms with Crippen LogP contribution in [0, 0.1) is 6.92 Å². The normalized spacial score (nSPS) is 13.7. The van der Waals surface area contributed by atoms with E-state index in [4.69, 9.17) is 9.88 Å². The highest BCUT2D eigenvalue weighted by atomic mass is 32.2. The molecule has 2 heterocycles. The third-order valence-electron chi connectivity index (χ3n) is 4.74. The first-order chi connectivity index (χ1) is 12.9. The van der Waals surface area contributed by atoms with Gasteiger partial charge in [0.2, 0.25) is 0 Å². The van der Waals surface area contributed by atoms with E-state index in [0.29, 0.717) is 5.69 Å². The van der Waals surface area contributed by atoms with Crippen LogP contribution >= 0.6 is 0 Å². The molecule has 140 valence electrons. The molecule has 0 bridgehead atoms. The molecule has 4 rings (SSSR count). The Balaban J connectivity index is 1.80. The molecule has 0 spiro atoms. The van der Waals surface area contributed by atoms with E-state index in [2.05, 4.69) is 14.6 Å². The van der Waals surface area contributed by atoms with Gasteiger partial charge in [0.1, 0.15) is 5.75 Å². The Hall–Kier alpha value is -2.84. The molecule has 0 unspecified atom stereocenters. The van der Waals surface area contributed by atoms with Gasteiger partial charge < -0.3 is 9.64 Å². The first-order valence-electron chi connectivity index (χ1n) is 8.50. The lowest BCUT2D eigenvalue weighted by atomic mass is 10.1. The van der Waals surface area contributed by atoms with Crippen LogP contribution in [0.15, 0.2) is 42.6 Å². The number of rotatable bonds is 4. The van der Waals surface area contributed by atoms with Crippen LogP contribution < -0.4 is 19.5 Å². The van der Waals surface area contributed by atoms with Gasteiger partial charge in [0, 0.05) is 29.9 Å². The summed E-state index contributed by atoms with van der Waals surface area (Å²) >= 11 is 0. The van der Waals surface area contributed by atoms with Crippen molar-refractivity contribution in [3.05, 3.63) is 53.7 Å².